The number of benzene rings is 2. The summed E-state index contributed by atoms with van der Waals surface area (Å²) >= 11 is 0. The van der Waals surface area contributed by atoms with Crippen LogP contribution in [-0.4, -0.2) is 28.0 Å². The first kappa shape index (κ1) is 16.8. The quantitative estimate of drug-likeness (QED) is 0.508. The summed E-state index contributed by atoms with van der Waals surface area (Å²) in [6, 6.07) is 20.8. The summed E-state index contributed by atoms with van der Waals surface area (Å²) in [6.07, 6.45) is 0. The molecule has 0 amide bonds. The standard InChI is InChI=1S/C22H17N3O2/c1-14-7-5-12-19(23-14)21-24-18-11-4-3-10-17(18)20(25-21)15-8-6-9-16(13-15)22(26)27-2/h3-13H,1-2H3. The third-order valence-electron chi connectivity index (χ3n) is 4.28. The second kappa shape index (κ2) is 6.96. The first-order valence-electron chi connectivity index (χ1n) is 8.55. The molecule has 0 atom stereocenters. The number of aryl methyl sites for hydroxylation is 1. The fourth-order valence-corrected chi connectivity index (χ4v) is 2.99. The Bertz CT molecular complexity index is 1160. The number of methoxy groups -OCH3 is 1. The molecular formula is C22H17N3O2. The van der Waals surface area contributed by atoms with Crippen molar-refractivity contribution in [1.29, 1.82) is 0 Å². The number of para-hydroxylation sites is 1. The summed E-state index contributed by atoms with van der Waals surface area (Å²) in [6.45, 7) is 1.94. The second-order valence-electron chi connectivity index (χ2n) is 6.15. The fourth-order valence-electron chi connectivity index (χ4n) is 2.99. The Morgan fingerprint density at radius 2 is 1.70 bits per heavy atom. The lowest BCUT2D eigenvalue weighted by Crippen LogP contribution is -2.02. The Morgan fingerprint density at radius 3 is 2.52 bits per heavy atom. The number of carbonyl (C=O) groups excluding carboxylic acids is 1. The van der Waals surface area contributed by atoms with E-state index in [1.165, 1.54) is 7.11 Å². The lowest BCUT2D eigenvalue weighted by Gasteiger charge is -2.10. The van der Waals surface area contributed by atoms with Gasteiger partial charge in [-0.05, 0) is 37.3 Å². The molecule has 27 heavy (non-hydrogen) atoms. The Balaban J connectivity index is 1.96. The largest absolute Gasteiger partial charge is 0.465 e. The molecule has 4 aromatic rings. The van der Waals surface area contributed by atoms with Crippen LogP contribution in [0.5, 0.6) is 0 Å². The van der Waals surface area contributed by atoms with Crippen molar-refractivity contribution in [2.45, 2.75) is 6.92 Å². The zero-order chi connectivity index (χ0) is 18.8. The van der Waals surface area contributed by atoms with Crippen LogP contribution >= 0.6 is 0 Å². The lowest BCUT2D eigenvalue weighted by atomic mass is 10.0. The molecule has 2 aromatic carbocycles. The molecule has 0 aliphatic rings. The molecule has 2 heterocycles. The summed E-state index contributed by atoms with van der Waals surface area (Å²) < 4.78 is 4.84. The van der Waals surface area contributed by atoms with E-state index in [9.17, 15) is 4.79 Å². The van der Waals surface area contributed by atoms with E-state index in [0.29, 0.717) is 17.1 Å². The summed E-state index contributed by atoms with van der Waals surface area (Å²) in [4.78, 5) is 25.9. The zero-order valence-electron chi connectivity index (χ0n) is 15.0. The Hall–Kier alpha value is -3.60. The number of hydrogen-bond acceptors (Lipinski definition) is 5. The van der Waals surface area contributed by atoms with Crippen LogP contribution in [0.1, 0.15) is 16.1 Å². The Labute approximate surface area is 156 Å². The highest BCUT2D eigenvalue weighted by molar-refractivity contribution is 5.96. The Morgan fingerprint density at radius 1 is 0.889 bits per heavy atom. The minimum Gasteiger partial charge on any atom is -0.465 e. The van der Waals surface area contributed by atoms with Crippen LogP contribution in [0, 0.1) is 6.92 Å². The van der Waals surface area contributed by atoms with Crippen LogP contribution in [-0.2, 0) is 4.74 Å². The number of aromatic nitrogens is 3. The minimum atomic E-state index is -0.379. The van der Waals surface area contributed by atoms with Crippen LogP contribution < -0.4 is 0 Å². The van der Waals surface area contributed by atoms with E-state index >= 15 is 0 Å². The number of hydrogen-bond donors (Lipinski definition) is 0. The van der Waals surface area contributed by atoms with Crippen molar-refractivity contribution in [3.05, 3.63) is 78.0 Å². The molecule has 0 N–H and O–H groups in total. The normalized spacial score (nSPS) is 10.7. The molecule has 0 saturated carbocycles. The molecule has 0 saturated heterocycles. The van der Waals surface area contributed by atoms with Gasteiger partial charge < -0.3 is 4.74 Å². The third kappa shape index (κ3) is 3.27. The third-order valence-corrected chi connectivity index (χ3v) is 4.28. The molecule has 4 rings (SSSR count). The number of ether oxygens (including phenoxy) is 1. The molecule has 5 nitrogen and oxygen atoms in total. The molecular weight excluding hydrogens is 338 g/mol. The van der Waals surface area contributed by atoms with Crippen molar-refractivity contribution in [3.8, 4) is 22.8 Å². The van der Waals surface area contributed by atoms with Gasteiger partial charge in [0.2, 0.25) is 0 Å². The van der Waals surface area contributed by atoms with Gasteiger partial charge in [0.05, 0.1) is 23.9 Å². The lowest BCUT2D eigenvalue weighted by molar-refractivity contribution is 0.0601. The zero-order valence-corrected chi connectivity index (χ0v) is 15.0. The molecule has 0 spiro atoms. The summed E-state index contributed by atoms with van der Waals surface area (Å²) in [5, 5.41) is 0.913. The van der Waals surface area contributed by atoms with E-state index in [4.69, 9.17) is 9.72 Å². The molecule has 0 aliphatic carbocycles. The van der Waals surface area contributed by atoms with E-state index in [2.05, 4.69) is 9.97 Å². The molecule has 0 aliphatic heterocycles. The molecule has 0 unspecified atom stereocenters. The maximum absolute atomic E-state index is 11.9. The molecule has 0 radical (unpaired) electrons. The average Bonchev–Trinajstić information content (AvgIpc) is 2.72. The molecule has 132 valence electrons. The van der Waals surface area contributed by atoms with Crippen molar-refractivity contribution in [1.82, 2.24) is 15.0 Å². The predicted molar refractivity (Wildman–Crippen MR) is 104 cm³/mol. The van der Waals surface area contributed by atoms with Crippen molar-refractivity contribution in [3.63, 3.8) is 0 Å². The van der Waals surface area contributed by atoms with Crippen LogP contribution in [0.15, 0.2) is 66.7 Å². The number of esters is 1. The first-order chi connectivity index (χ1) is 13.2. The van der Waals surface area contributed by atoms with Crippen LogP contribution in [0.4, 0.5) is 0 Å². The summed E-state index contributed by atoms with van der Waals surface area (Å²) in [5.74, 6) is 0.173. The van der Waals surface area contributed by atoms with Crippen LogP contribution in [0.3, 0.4) is 0 Å². The van der Waals surface area contributed by atoms with Crippen molar-refractivity contribution < 1.29 is 9.53 Å². The highest BCUT2D eigenvalue weighted by Crippen LogP contribution is 2.29. The van der Waals surface area contributed by atoms with Gasteiger partial charge in [0, 0.05) is 16.6 Å². The maximum Gasteiger partial charge on any atom is 0.337 e. The van der Waals surface area contributed by atoms with Gasteiger partial charge >= 0.3 is 5.97 Å². The van der Waals surface area contributed by atoms with Crippen molar-refractivity contribution >= 4 is 16.9 Å². The van der Waals surface area contributed by atoms with Crippen LogP contribution in [0.2, 0.25) is 0 Å². The van der Waals surface area contributed by atoms with Gasteiger partial charge in [-0.3, -0.25) is 0 Å². The van der Waals surface area contributed by atoms with Gasteiger partial charge in [-0.25, -0.2) is 19.7 Å². The minimum absolute atomic E-state index is 0.379. The van der Waals surface area contributed by atoms with E-state index in [1.54, 1.807) is 12.1 Å². The highest BCUT2D eigenvalue weighted by atomic mass is 16.5. The number of fused-ring (bicyclic) bond motifs is 1. The Kier molecular flexibility index (Phi) is 4.34. The number of pyridine rings is 1. The van der Waals surface area contributed by atoms with Crippen LogP contribution in [0.25, 0.3) is 33.7 Å². The number of nitrogens with zero attached hydrogens (tertiary/aromatic N) is 3. The van der Waals surface area contributed by atoms with Gasteiger partial charge in [-0.15, -0.1) is 0 Å². The fraction of sp³-hybridized carbons (Fsp3) is 0.0909. The van der Waals surface area contributed by atoms with Gasteiger partial charge in [0.15, 0.2) is 5.82 Å². The molecule has 0 bridgehead atoms. The molecule has 0 fully saturated rings. The average molecular weight is 355 g/mol. The van der Waals surface area contributed by atoms with Crippen molar-refractivity contribution in [2.24, 2.45) is 0 Å². The molecule has 2 aromatic heterocycles. The topological polar surface area (TPSA) is 65.0 Å². The van der Waals surface area contributed by atoms with Gasteiger partial charge in [-0.2, -0.15) is 0 Å². The predicted octanol–water partition coefficient (Wildman–Crippen LogP) is 4.45. The number of rotatable bonds is 3. The van der Waals surface area contributed by atoms with E-state index in [1.807, 2.05) is 61.5 Å². The van der Waals surface area contributed by atoms with Gasteiger partial charge in [0.1, 0.15) is 5.69 Å². The van der Waals surface area contributed by atoms with Crippen molar-refractivity contribution in [2.75, 3.05) is 7.11 Å². The molecule has 5 heteroatoms. The van der Waals surface area contributed by atoms with Gasteiger partial charge in [-0.1, -0.05) is 36.4 Å². The van der Waals surface area contributed by atoms with E-state index in [-0.39, 0.29) is 5.97 Å². The second-order valence-corrected chi connectivity index (χ2v) is 6.15. The number of carbonyl (C=O) groups is 1. The SMILES string of the molecule is COC(=O)c1cccc(-c2nc(-c3cccc(C)n3)nc3ccccc23)c1. The monoisotopic (exact) mass is 355 g/mol. The van der Waals surface area contributed by atoms with E-state index in [0.717, 1.165) is 27.9 Å². The highest BCUT2D eigenvalue weighted by Gasteiger charge is 2.14. The smallest absolute Gasteiger partial charge is 0.337 e. The maximum atomic E-state index is 11.9. The summed E-state index contributed by atoms with van der Waals surface area (Å²) in [5.41, 5.74) is 4.50. The van der Waals surface area contributed by atoms with E-state index < -0.39 is 0 Å². The van der Waals surface area contributed by atoms with Gasteiger partial charge in [0.25, 0.3) is 0 Å². The first-order valence-corrected chi connectivity index (χ1v) is 8.55. The summed E-state index contributed by atoms with van der Waals surface area (Å²) in [7, 11) is 1.37.